The number of nitro groups is 1. The first-order chi connectivity index (χ1) is 14.4. The van der Waals surface area contributed by atoms with Gasteiger partial charge in [-0.3, -0.25) is 10.1 Å². The van der Waals surface area contributed by atoms with Gasteiger partial charge in [0.25, 0.3) is 5.69 Å². The van der Waals surface area contributed by atoms with Gasteiger partial charge in [0.2, 0.25) is 0 Å². The molecule has 10 heteroatoms. The summed E-state index contributed by atoms with van der Waals surface area (Å²) in [5, 5.41) is 30.8. The smallest absolute Gasteiger partial charge is 0.342 e. The average molecular weight is 408 g/mol. The summed E-state index contributed by atoms with van der Waals surface area (Å²) in [6, 6.07) is 12.5. The molecular weight excluding hydrogens is 392 g/mol. The fraction of sp³-hybridized carbons (Fsp3) is 0.150. The van der Waals surface area contributed by atoms with E-state index in [2.05, 4.69) is 4.98 Å². The molecule has 0 saturated carbocycles. The Morgan fingerprint density at radius 1 is 1.33 bits per heavy atom. The number of aryl methyl sites for hydroxylation is 1. The Morgan fingerprint density at radius 3 is 2.70 bits per heavy atom. The van der Waals surface area contributed by atoms with Gasteiger partial charge in [0.05, 0.1) is 23.1 Å². The molecule has 10 nitrogen and oxygen atoms in total. The molecule has 2 aromatic carbocycles. The van der Waals surface area contributed by atoms with Gasteiger partial charge in [-0.1, -0.05) is 12.1 Å². The average Bonchev–Trinajstić information content (AvgIpc) is 3.08. The number of hydrogen-bond donors (Lipinski definition) is 1. The Bertz CT molecular complexity index is 1220. The van der Waals surface area contributed by atoms with E-state index in [0.29, 0.717) is 5.52 Å². The van der Waals surface area contributed by atoms with E-state index < -0.39 is 23.3 Å². The number of carbonyl (C=O) groups is 1. The van der Waals surface area contributed by atoms with Crippen LogP contribution in [0.2, 0.25) is 0 Å². The number of nitrogens with zero attached hydrogens (tertiary/aromatic N) is 4. The zero-order valence-electron chi connectivity index (χ0n) is 16.0. The van der Waals surface area contributed by atoms with Gasteiger partial charge in [-0.05, 0) is 18.2 Å². The van der Waals surface area contributed by atoms with Gasteiger partial charge in [0, 0.05) is 19.2 Å². The second-order valence-corrected chi connectivity index (χ2v) is 6.13. The van der Waals surface area contributed by atoms with E-state index >= 15 is 0 Å². The molecule has 152 valence electrons. The van der Waals surface area contributed by atoms with E-state index in [1.54, 1.807) is 23.7 Å². The summed E-state index contributed by atoms with van der Waals surface area (Å²) in [5.41, 5.74) is 0.730. The lowest BCUT2D eigenvalue weighted by Gasteiger charge is -2.09. The van der Waals surface area contributed by atoms with Crippen molar-refractivity contribution >= 4 is 28.3 Å². The number of imidazole rings is 1. The molecule has 0 unspecified atom stereocenters. The Kier molecular flexibility index (Phi) is 5.64. The zero-order valence-corrected chi connectivity index (χ0v) is 16.0. The maximum Gasteiger partial charge on any atom is 0.342 e. The third-order valence-corrected chi connectivity index (χ3v) is 4.36. The van der Waals surface area contributed by atoms with Crippen molar-refractivity contribution in [3.8, 4) is 11.8 Å². The summed E-state index contributed by atoms with van der Waals surface area (Å²) < 4.78 is 11.7. The summed E-state index contributed by atoms with van der Waals surface area (Å²) in [6.45, 7) is -0.628. The third kappa shape index (κ3) is 3.77. The SMILES string of the molecule is COc1ccc([N+](=O)[O-])cc1C(=O)OC/C(O)=C(\C#N)c1nc2ccccc2n1C. The summed E-state index contributed by atoms with van der Waals surface area (Å²) in [5.74, 6) is -1.18. The van der Waals surface area contributed by atoms with Crippen LogP contribution in [0.25, 0.3) is 16.6 Å². The lowest BCUT2D eigenvalue weighted by Crippen LogP contribution is -2.11. The first kappa shape index (κ1) is 20.3. The fourth-order valence-corrected chi connectivity index (χ4v) is 2.87. The normalized spacial score (nSPS) is 11.5. The van der Waals surface area contributed by atoms with Gasteiger partial charge in [-0.15, -0.1) is 0 Å². The third-order valence-electron chi connectivity index (χ3n) is 4.36. The molecule has 3 rings (SSSR count). The van der Waals surface area contributed by atoms with Crippen LogP contribution in [0.3, 0.4) is 0 Å². The highest BCUT2D eigenvalue weighted by atomic mass is 16.6. The first-order valence-electron chi connectivity index (χ1n) is 8.61. The second kappa shape index (κ2) is 8.32. The molecule has 1 aromatic heterocycles. The van der Waals surface area contributed by atoms with Crippen LogP contribution in [0.1, 0.15) is 16.2 Å². The number of aliphatic hydroxyl groups excluding tert-OH is 1. The summed E-state index contributed by atoms with van der Waals surface area (Å²) in [6.07, 6.45) is 0. The van der Waals surface area contributed by atoms with E-state index in [9.17, 15) is 25.3 Å². The van der Waals surface area contributed by atoms with Crippen LogP contribution in [0, 0.1) is 21.4 Å². The standard InChI is InChI=1S/C20H16N4O6/c1-23-16-6-4-3-5-15(16)22-19(23)14(10-21)17(25)11-30-20(26)13-9-12(24(27)28)7-8-18(13)29-2/h3-9,25H,11H2,1-2H3/b17-14-. The molecule has 0 aliphatic heterocycles. The largest absolute Gasteiger partial charge is 0.507 e. The van der Waals surface area contributed by atoms with E-state index in [0.717, 1.165) is 11.6 Å². The highest BCUT2D eigenvalue weighted by Gasteiger charge is 2.21. The minimum absolute atomic E-state index is 0.0740. The Labute approximate surface area is 170 Å². The van der Waals surface area contributed by atoms with Gasteiger partial charge in [-0.2, -0.15) is 5.26 Å². The highest BCUT2D eigenvalue weighted by Crippen LogP contribution is 2.26. The Balaban J connectivity index is 1.88. The number of methoxy groups -OCH3 is 1. The molecular formula is C20H16N4O6. The number of ether oxygens (including phenoxy) is 2. The number of benzene rings is 2. The number of aliphatic hydroxyl groups is 1. The topological polar surface area (TPSA) is 141 Å². The molecule has 0 spiro atoms. The molecule has 0 radical (unpaired) electrons. The van der Waals surface area contributed by atoms with E-state index in [1.165, 1.54) is 19.2 Å². The van der Waals surface area contributed by atoms with Crippen LogP contribution in [0.4, 0.5) is 5.69 Å². The molecule has 0 amide bonds. The number of esters is 1. The molecule has 30 heavy (non-hydrogen) atoms. The number of para-hydroxylation sites is 2. The number of nitro benzene ring substituents is 1. The van der Waals surface area contributed by atoms with Crippen LogP contribution in [-0.2, 0) is 11.8 Å². The molecule has 1 heterocycles. The van der Waals surface area contributed by atoms with Crippen molar-refractivity contribution in [1.82, 2.24) is 9.55 Å². The number of aromatic nitrogens is 2. The maximum absolute atomic E-state index is 12.4. The van der Waals surface area contributed by atoms with Gasteiger partial charge < -0.3 is 19.1 Å². The number of carbonyl (C=O) groups excluding carboxylic acids is 1. The van der Waals surface area contributed by atoms with Gasteiger partial charge in [0.15, 0.2) is 11.6 Å². The zero-order chi connectivity index (χ0) is 21.8. The Morgan fingerprint density at radius 2 is 2.07 bits per heavy atom. The van der Waals surface area contributed by atoms with Crippen molar-refractivity contribution < 1.29 is 24.3 Å². The van der Waals surface area contributed by atoms with E-state index in [4.69, 9.17) is 9.47 Å². The number of fused-ring (bicyclic) bond motifs is 1. The number of allylic oxidation sites excluding steroid dienone is 1. The van der Waals surface area contributed by atoms with Crippen LogP contribution < -0.4 is 4.74 Å². The van der Waals surface area contributed by atoms with Crippen molar-refractivity contribution in [1.29, 1.82) is 5.26 Å². The van der Waals surface area contributed by atoms with Crippen molar-refractivity contribution in [2.24, 2.45) is 7.05 Å². The molecule has 0 saturated heterocycles. The van der Waals surface area contributed by atoms with Gasteiger partial charge >= 0.3 is 5.97 Å². The highest BCUT2D eigenvalue weighted by molar-refractivity contribution is 5.93. The van der Waals surface area contributed by atoms with Crippen molar-refractivity contribution in [3.05, 3.63) is 69.7 Å². The lowest BCUT2D eigenvalue weighted by molar-refractivity contribution is -0.384. The van der Waals surface area contributed by atoms with Crippen LogP contribution in [0.15, 0.2) is 48.2 Å². The molecule has 0 aliphatic carbocycles. The first-order valence-corrected chi connectivity index (χ1v) is 8.61. The number of rotatable bonds is 6. The lowest BCUT2D eigenvalue weighted by atomic mass is 10.2. The molecule has 0 aliphatic rings. The van der Waals surface area contributed by atoms with Crippen LogP contribution >= 0.6 is 0 Å². The van der Waals surface area contributed by atoms with Gasteiger partial charge in [0.1, 0.15) is 29.6 Å². The van der Waals surface area contributed by atoms with Gasteiger partial charge in [-0.25, -0.2) is 9.78 Å². The number of non-ortho nitro benzene ring substituents is 1. The van der Waals surface area contributed by atoms with Crippen molar-refractivity contribution in [2.45, 2.75) is 0 Å². The van der Waals surface area contributed by atoms with Crippen molar-refractivity contribution in [3.63, 3.8) is 0 Å². The monoisotopic (exact) mass is 408 g/mol. The van der Waals surface area contributed by atoms with Crippen LogP contribution in [0.5, 0.6) is 5.75 Å². The van der Waals surface area contributed by atoms with E-state index in [1.807, 2.05) is 18.2 Å². The van der Waals surface area contributed by atoms with E-state index in [-0.39, 0.29) is 28.4 Å². The summed E-state index contributed by atoms with van der Waals surface area (Å²) in [4.78, 5) is 27.0. The molecule has 0 atom stereocenters. The fourth-order valence-electron chi connectivity index (χ4n) is 2.87. The minimum atomic E-state index is -0.954. The summed E-state index contributed by atoms with van der Waals surface area (Å²) >= 11 is 0. The predicted octanol–water partition coefficient (Wildman–Crippen LogP) is 3.14. The predicted molar refractivity (Wildman–Crippen MR) is 106 cm³/mol. The van der Waals surface area contributed by atoms with Crippen molar-refractivity contribution in [2.75, 3.05) is 13.7 Å². The van der Waals surface area contributed by atoms with Crippen LogP contribution in [-0.4, -0.2) is 39.3 Å². The number of hydrogen-bond acceptors (Lipinski definition) is 8. The number of nitriles is 1. The minimum Gasteiger partial charge on any atom is -0.507 e. The molecule has 1 N–H and O–H groups in total. The second-order valence-electron chi connectivity index (χ2n) is 6.13. The molecule has 0 fully saturated rings. The molecule has 3 aromatic rings. The maximum atomic E-state index is 12.4. The Hall–Kier alpha value is -4.39. The molecule has 0 bridgehead atoms. The summed E-state index contributed by atoms with van der Waals surface area (Å²) in [7, 11) is 2.99. The quantitative estimate of drug-likeness (QED) is 0.216.